The van der Waals surface area contributed by atoms with Gasteiger partial charge in [0.2, 0.25) is 0 Å². The Kier molecular flexibility index (Phi) is 3.63. The van der Waals surface area contributed by atoms with Crippen molar-refractivity contribution in [3.63, 3.8) is 0 Å². The number of anilines is 1. The van der Waals surface area contributed by atoms with E-state index in [0.29, 0.717) is 6.04 Å². The number of piperidine rings is 1. The molecule has 5 nitrogen and oxygen atoms in total. The first-order valence-corrected chi connectivity index (χ1v) is 7.58. The van der Waals surface area contributed by atoms with Crippen molar-refractivity contribution in [3.8, 4) is 0 Å². The average molecular weight is 255 g/mol. The molecule has 17 heavy (non-hydrogen) atoms. The fourth-order valence-corrected chi connectivity index (χ4v) is 2.45. The number of aromatic nitrogens is 1. The van der Waals surface area contributed by atoms with Gasteiger partial charge in [0.15, 0.2) is 14.9 Å². The van der Waals surface area contributed by atoms with Gasteiger partial charge in [-0.1, -0.05) is 0 Å². The van der Waals surface area contributed by atoms with Crippen LogP contribution in [-0.4, -0.2) is 38.8 Å². The minimum atomic E-state index is -3.20. The predicted octanol–water partition coefficient (Wildman–Crippen LogP) is 0.649. The van der Waals surface area contributed by atoms with E-state index in [0.717, 1.165) is 37.9 Å². The summed E-state index contributed by atoms with van der Waals surface area (Å²) in [6.07, 6.45) is 4.90. The summed E-state index contributed by atoms with van der Waals surface area (Å²) in [6.45, 7) is 2.04. The standard InChI is InChI=1S/C11H17N3O2S/c1-17(15,16)11-3-2-10(8-13-11)14-9-4-6-12-7-5-9/h2-3,8-9,12,14H,4-7H2,1H3. The fraction of sp³-hybridized carbons (Fsp3) is 0.545. The van der Waals surface area contributed by atoms with Crippen LogP contribution in [0, 0.1) is 0 Å². The molecular weight excluding hydrogens is 238 g/mol. The monoisotopic (exact) mass is 255 g/mol. The molecule has 0 aliphatic carbocycles. The van der Waals surface area contributed by atoms with Gasteiger partial charge in [-0.2, -0.15) is 0 Å². The Morgan fingerprint density at radius 2 is 2.06 bits per heavy atom. The lowest BCUT2D eigenvalue weighted by molar-refractivity contribution is 0.479. The van der Waals surface area contributed by atoms with Gasteiger partial charge >= 0.3 is 0 Å². The third kappa shape index (κ3) is 3.41. The van der Waals surface area contributed by atoms with Gasteiger partial charge in [0, 0.05) is 12.3 Å². The molecule has 0 radical (unpaired) electrons. The number of pyridine rings is 1. The van der Waals surface area contributed by atoms with Crippen molar-refractivity contribution >= 4 is 15.5 Å². The molecule has 94 valence electrons. The summed E-state index contributed by atoms with van der Waals surface area (Å²) in [5.74, 6) is 0. The second kappa shape index (κ2) is 5.01. The smallest absolute Gasteiger partial charge is 0.192 e. The maximum absolute atomic E-state index is 11.2. The SMILES string of the molecule is CS(=O)(=O)c1ccc(NC2CCNCC2)cn1. The molecule has 0 aromatic carbocycles. The van der Waals surface area contributed by atoms with Crippen molar-refractivity contribution in [2.24, 2.45) is 0 Å². The number of sulfone groups is 1. The highest BCUT2D eigenvalue weighted by atomic mass is 32.2. The van der Waals surface area contributed by atoms with E-state index in [1.807, 2.05) is 0 Å². The zero-order valence-corrected chi connectivity index (χ0v) is 10.6. The minimum absolute atomic E-state index is 0.119. The van der Waals surface area contributed by atoms with E-state index in [1.54, 1.807) is 18.3 Å². The molecule has 0 spiro atoms. The van der Waals surface area contributed by atoms with Crippen LogP contribution in [0.15, 0.2) is 23.4 Å². The average Bonchev–Trinajstić information content (AvgIpc) is 2.30. The van der Waals surface area contributed by atoms with Crippen LogP contribution in [0.2, 0.25) is 0 Å². The first kappa shape index (κ1) is 12.3. The van der Waals surface area contributed by atoms with Crippen LogP contribution in [0.4, 0.5) is 5.69 Å². The van der Waals surface area contributed by atoms with Gasteiger partial charge in [-0.15, -0.1) is 0 Å². The minimum Gasteiger partial charge on any atom is -0.381 e. The van der Waals surface area contributed by atoms with Crippen LogP contribution in [0.5, 0.6) is 0 Å². The van der Waals surface area contributed by atoms with Crippen LogP contribution >= 0.6 is 0 Å². The summed E-state index contributed by atoms with van der Waals surface area (Å²) >= 11 is 0. The first-order chi connectivity index (χ1) is 8.05. The molecule has 6 heteroatoms. The molecular formula is C11H17N3O2S. The maximum Gasteiger partial charge on any atom is 0.192 e. The Hall–Kier alpha value is -1.14. The maximum atomic E-state index is 11.2. The van der Waals surface area contributed by atoms with Crippen LogP contribution < -0.4 is 10.6 Å². The van der Waals surface area contributed by atoms with Crippen LogP contribution in [-0.2, 0) is 9.84 Å². The first-order valence-electron chi connectivity index (χ1n) is 5.69. The zero-order valence-electron chi connectivity index (χ0n) is 9.81. The number of hydrogen-bond acceptors (Lipinski definition) is 5. The number of nitrogens with zero attached hydrogens (tertiary/aromatic N) is 1. The van der Waals surface area contributed by atoms with Gasteiger partial charge in [-0.3, -0.25) is 0 Å². The van der Waals surface area contributed by atoms with Crippen LogP contribution in [0.3, 0.4) is 0 Å². The second-order valence-electron chi connectivity index (χ2n) is 4.33. The lowest BCUT2D eigenvalue weighted by Crippen LogP contribution is -2.35. The molecule has 2 heterocycles. The topological polar surface area (TPSA) is 71.1 Å². The molecule has 1 aromatic rings. The second-order valence-corrected chi connectivity index (χ2v) is 6.29. The third-order valence-corrected chi connectivity index (χ3v) is 3.83. The van der Waals surface area contributed by atoms with Crippen molar-refractivity contribution < 1.29 is 8.42 Å². The summed E-state index contributed by atoms with van der Waals surface area (Å²) < 4.78 is 22.5. The summed E-state index contributed by atoms with van der Waals surface area (Å²) in [6, 6.07) is 3.76. The highest BCUT2D eigenvalue weighted by Crippen LogP contribution is 2.14. The molecule has 2 rings (SSSR count). The third-order valence-electron chi connectivity index (χ3n) is 2.83. The van der Waals surface area contributed by atoms with E-state index in [2.05, 4.69) is 15.6 Å². The summed E-state index contributed by atoms with van der Waals surface area (Å²) in [5, 5.41) is 6.78. The largest absolute Gasteiger partial charge is 0.381 e. The van der Waals surface area contributed by atoms with Crippen LogP contribution in [0.1, 0.15) is 12.8 Å². The molecule has 0 amide bonds. The lowest BCUT2D eigenvalue weighted by atomic mass is 10.1. The highest BCUT2D eigenvalue weighted by molar-refractivity contribution is 7.90. The quantitative estimate of drug-likeness (QED) is 0.830. The summed E-state index contributed by atoms with van der Waals surface area (Å²) in [4.78, 5) is 3.95. The molecule has 1 aromatic heterocycles. The fourth-order valence-electron chi connectivity index (χ4n) is 1.89. The van der Waals surface area contributed by atoms with E-state index in [4.69, 9.17) is 0 Å². The number of nitrogens with one attached hydrogen (secondary N) is 2. The molecule has 1 fully saturated rings. The van der Waals surface area contributed by atoms with Crippen LogP contribution in [0.25, 0.3) is 0 Å². The van der Waals surface area contributed by atoms with Crippen molar-refractivity contribution in [1.82, 2.24) is 10.3 Å². The van der Waals surface area contributed by atoms with E-state index in [1.165, 1.54) is 0 Å². The van der Waals surface area contributed by atoms with Gasteiger partial charge in [-0.05, 0) is 38.1 Å². The summed E-state index contributed by atoms with van der Waals surface area (Å²) in [5.41, 5.74) is 0.879. The Morgan fingerprint density at radius 1 is 1.35 bits per heavy atom. The summed E-state index contributed by atoms with van der Waals surface area (Å²) in [7, 11) is -3.20. The molecule has 1 aliphatic heterocycles. The van der Waals surface area contributed by atoms with Gasteiger partial charge in [0.1, 0.15) is 0 Å². The molecule has 0 bridgehead atoms. The lowest BCUT2D eigenvalue weighted by Gasteiger charge is -2.24. The van der Waals surface area contributed by atoms with Gasteiger partial charge in [-0.25, -0.2) is 13.4 Å². The molecule has 0 atom stereocenters. The van der Waals surface area contributed by atoms with Crippen molar-refractivity contribution in [2.45, 2.75) is 23.9 Å². The highest BCUT2D eigenvalue weighted by Gasteiger charge is 2.13. The van der Waals surface area contributed by atoms with E-state index >= 15 is 0 Å². The van der Waals surface area contributed by atoms with Crippen molar-refractivity contribution in [3.05, 3.63) is 18.3 Å². The van der Waals surface area contributed by atoms with E-state index in [-0.39, 0.29) is 5.03 Å². The molecule has 1 saturated heterocycles. The Morgan fingerprint density at radius 3 is 2.59 bits per heavy atom. The van der Waals surface area contributed by atoms with Gasteiger partial charge in [0.05, 0.1) is 11.9 Å². The number of rotatable bonds is 3. The molecule has 2 N–H and O–H groups in total. The van der Waals surface area contributed by atoms with Gasteiger partial charge in [0.25, 0.3) is 0 Å². The van der Waals surface area contributed by atoms with E-state index < -0.39 is 9.84 Å². The zero-order chi connectivity index (χ0) is 12.3. The molecule has 1 aliphatic rings. The molecule has 0 saturated carbocycles. The van der Waals surface area contributed by atoms with E-state index in [9.17, 15) is 8.42 Å². The Labute approximate surface area is 102 Å². The molecule has 0 unspecified atom stereocenters. The Bertz CT molecular complexity index is 464. The van der Waals surface area contributed by atoms with Crippen molar-refractivity contribution in [1.29, 1.82) is 0 Å². The van der Waals surface area contributed by atoms with Crippen molar-refractivity contribution in [2.75, 3.05) is 24.7 Å². The predicted molar refractivity (Wildman–Crippen MR) is 66.9 cm³/mol. The normalized spacial score (nSPS) is 17.9. The Balaban J connectivity index is 2.03. The van der Waals surface area contributed by atoms with Gasteiger partial charge < -0.3 is 10.6 Å². The number of hydrogen-bond donors (Lipinski definition) is 2.